The van der Waals surface area contributed by atoms with Crippen LogP contribution >= 0.6 is 11.8 Å². The molecule has 1 heterocycles. The molecule has 7 heteroatoms. The van der Waals surface area contributed by atoms with Gasteiger partial charge in [-0.05, 0) is 20.1 Å². The van der Waals surface area contributed by atoms with Crippen molar-refractivity contribution in [1.82, 2.24) is 10.2 Å². The molecule has 2 unspecified atom stereocenters. The van der Waals surface area contributed by atoms with Gasteiger partial charge in [0.15, 0.2) is 0 Å². The molecule has 1 rings (SSSR count). The van der Waals surface area contributed by atoms with Crippen LogP contribution in [-0.4, -0.2) is 55.6 Å². The number of aliphatic hydroxyl groups is 1. The van der Waals surface area contributed by atoms with E-state index >= 15 is 0 Å². The first kappa shape index (κ1) is 15.0. The van der Waals surface area contributed by atoms with Gasteiger partial charge < -0.3 is 20.1 Å². The quantitative estimate of drug-likeness (QED) is 0.408. The number of rotatable bonds is 7. The fourth-order valence-electron chi connectivity index (χ4n) is 1.60. The van der Waals surface area contributed by atoms with Crippen molar-refractivity contribution < 1.29 is 9.84 Å². The van der Waals surface area contributed by atoms with Gasteiger partial charge in [0.05, 0.1) is 10.4 Å². The molecule has 0 aromatic carbocycles. The standard InChI is InChI=1S/C11H20N4O2S/c1-8-10(15(3)11(16)17-4)18-9(14-8)5-6-13-7-12-2/h7,9,11,14,16H,2,5-6H2,1,3-4H3/b13-7-. The van der Waals surface area contributed by atoms with Gasteiger partial charge in [-0.3, -0.25) is 9.98 Å². The average Bonchev–Trinajstić information content (AvgIpc) is 2.74. The van der Waals surface area contributed by atoms with Gasteiger partial charge in [-0.15, -0.1) is 0 Å². The van der Waals surface area contributed by atoms with Crippen molar-refractivity contribution in [3.63, 3.8) is 0 Å². The largest absolute Gasteiger partial charge is 0.374 e. The molecule has 0 radical (unpaired) electrons. The Hall–Kier alpha value is -1.05. The topological polar surface area (TPSA) is 69.5 Å². The monoisotopic (exact) mass is 272 g/mol. The normalized spacial score (nSPS) is 21.2. The number of nitrogens with one attached hydrogen (secondary N) is 1. The first-order valence-corrected chi connectivity index (χ1v) is 6.50. The summed E-state index contributed by atoms with van der Waals surface area (Å²) in [5.41, 5.74) is 1.04. The maximum absolute atomic E-state index is 9.62. The Labute approximate surface area is 112 Å². The summed E-state index contributed by atoms with van der Waals surface area (Å²) in [6.07, 6.45) is 1.42. The van der Waals surface area contributed by atoms with Crippen molar-refractivity contribution >= 4 is 24.8 Å². The van der Waals surface area contributed by atoms with Crippen molar-refractivity contribution in [1.29, 1.82) is 0 Å². The van der Waals surface area contributed by atoms with Crippen molar-refractivity contribution in [2.24, 2.45) is 9.98 Å². The summed E-state index contributed by atoms with van der Waals surface area (Å²) in [7, 11) is 3.27. The third-order valence-corrected chi connectivity index (χ3v) is 3.95. The van der Waals surface area contributed by atoms with E-state index in [1.54, 1.807) is 23.7 Å². The van der Waals surface area contributed by atoms with Crippen LogP contribution in [0, 0.1) is 0 Å². The van der Waals surface area contributed by atoms with Gasteiger partial charge in [0, 0.05) is 26.4 Å². The summed E-state index contributed by atoms with van der Waals surface area (Å²) in [4.78, 5) is 9.34. The predicted octanol–water partition coefficient (Wildman–Crippen LogP) is 0.811. The molecule has 0 aromatic rings. The molecule has 2 atom stereocenters. The summed E-state index contributed by atoms with van der Waals surface area (Å²) in [6, 6.07) is 0. The zero-order valence-electron chi connectivity index (χ0n) is 11.0. The second kappa shape index (κ2) is 7.40. The minimum absolute atomic E-state index is 0.258. The molecule has 0 saturated carbocycles. The third kappa shape index (κ3) is 4.01. The van der Waals surface area contributed by atoms with Crippen LogP contribution in [0.15, 0.2) is 20.7 Å². The van der Waals surface area contributed by atoms with Crippen LogP contribution in [0.5, 0.6) is 0 Å². The summed E-state index contributed by atoms with van der Waals surface area (Å²) in [5, 5.41) is 14.2. The molecule has 0 aromatic heterocycles. The fraction of sp³-hybridized carbons (Fsp3) is 0.636. The van der Waals surface area contributed by atoms with Gasteiger partial charge in [-0.1, -0.05) is 11.8 Å². The van der Waals surface area contributed by atoms with Crippen molar-refractivity contribution in [2.75, 3.05) is 20.7 Å². The molecule has 0 saturated heterocycles. The number of aliphatic hydroxyl groups excluding tert-OH is 1. The number of hydrogen-bond donors (Lipinski definition) is 2. The second-order valence-corrected chi connectivity index (χ2v) is 5.04. The lowest BCUT2D eigenvalue weighted by atomic mass is 10.4. The van der Waals surface area contributed by atoms with Gasteiger partial charge >= 0.3 is 0 Å². The fourth-order valence-corrected chi connectivity index (χ4v) is 2.82. The highest BCUT2D eigenvalue weighted by atomic mass is 32.2. The molecule has 2 N–H and O–H groups in total. The summed E-state index contributed by atoms with van der Waals surface area (Å²) >= 11 is 1.66. The molecular weight excluding hydrogens is 252 g/mol. The molecule has 0 amide bonds. The Balaban J connectivity index is 2.46. The first-order valence-electron chi connectivity index (χ1n) is 5.62. The van der Waals surface area contributed by atoms with Crippen molar-refractivity contribution in [3.8, 4) is 0 Å². The number of nitrogens with zero attached hydrogens (tertiary/aromatic N) is 3. The molecule has 1 aliphatic heterocycles. The van der Waals surface area contributed by atoms with E-state index in [0.29, 0.717) is 6.54 Å². The van der Waals surface area contributed by atoms with Gasteiger partial charge in [-0.2, -0.15) is 0 Å². The number of thioether (sulfide) groups is 1. The van der Waals surface area contributed by atoms with Crippen molar-refractivity contribution in [2.45, 2.75) is 25.1 Å². The van der Waals surface area contributed by atoms with E-state index in [0.717, 1.165) is 17.1 Å². The zero-order chi connectivity index (χ0) is 13.5. The smallest absolute Gasteiger partial charge is 0.237 e. The van der Waals surface area contributed by atoms with Crippen LogP contribution in [0.3, 0.4) is 0 Å². The molecular formula is C11H20N4O2S. The van der Waals surface area contributed by atoms with Gasteiger partial charge in [0.1, 0.15) is 6.34 Å². The van der Waals surface area contributed by atoms with E-state index < -0.39 is 6.41 Å². The Kier molecular flexibility index (Phi) is 6.17. The predicted molar refractivity (Wildman–Crippen MR) is 75.5 cm³/mol. The zero-order valence-corrected chi connectivity index (χ0v) is 11.8. The second-order valence-electron chi connectivity index (χ2n) is 3.85. The van der Waals surface area contributed by atoms with Crippen LogP contribution in [0.4, 0.5) is 0 Å². The molecule has 1 aliphatic rings. The Morgan fingerprint density at radius 2 is 2.44 bits per heavy atom. The Morgan fingerprint density at radius 1 is 1.72 bits per heavy atom. The van der Waals surface area contributed by atoms with E-state index in [4.69, 9.17) is 4.74 Å². The lowest BCUT2D eigenvalue weighted by molar-refractivity contribution is -0.152. The summed E-state index contributed by atoms with van der Waals surface area (Å²) < 4.78 is 4.88. The highest BCUT2D eigenvalue weighted by Gasteiger charge is 2.26. The molecule has 6 nitrogen and oxygen atoms in total. The SMILES string of the molecule is C=N/C=N\CCC1NC(C)=C(N(C)C(O)OC)S1. The van der Waals surface area contributed by atoms with E-state index in [1.165, 1.54) is 13.4 Å². The lowest BCUT2D eigenvalue weighted by Crippen LogP contribution is -2.31. The van der Waals surface area contributed by atoms with Gasteiger partial charge in [0.25, 0.3) is 0 Å². The Morgan fingerprint density at radius 3 is 3.06 bits per heavy atom. The number of aliphatic imine (C=N–C) groups is 2. The number of methoxy groups -OCH3 is 1. The highest BCUT2D eigenvalue weighted by molar-refractivity contribution is 8.03. The van der Waals surface area contributed by atoms with Crippen LogP contribution in [-0.2, 0) is 4.74 Å². The van der Waals surface area contributed by atoms with E-state index in [-0.39, 0.29) is 5.37 Å². The number of hydrogen-bond acceptors (Lipinski definition) is 6. The minimum atomic E-state index is -0.925. The third-order valence-electron chi connectivity index (χ3n) is 2.50. The minimum Gasteiger partial charge on any atom is -0.374 e. The van der Waals surface area contributed by atoms with Crippen LogP contribution in [0.1, 0.15) is 13.3 Å². The highest BCUT2D eigenvalue weighted by Crippen LogP contribution is 2.34. The molecule has 0 spiro atoms. The Bertz CT molecular complexity index is 346. The maximum atomic E-state index is 9.62. The maximum Gasteiger partial charge on any atom is 0.237 e. The van der Waals surface area contributed by atoms with E-state index in [1.807, 2.05) is 6.92 Å². The molecule has 102 valence electrons. The number of ether oxygens (including phenoxy) is 1. The van der Waals surface area contributed by atoms with E-state index in [9.17, 15) is 5.11 Å². The molecule has 0 fully saturated rings. The average molecular weight is 272 g/mol. The van der Waals surface area contributed by atoms with Crippen molar-refractivity contribution in [3.05, 3.63) is 10.7 Å². The van der Waals surface area contributed by atoms with Gasteiger partial charge in [0.2, 0.25) is 6.41 Å². The first-order chi connectivity index (χ1) is 8.60. The lowest BCUT2D eigenvalue weighted by Gasteiger charge is -2.24. The number of allylic oxidation sites excluding steroid dienone is 1. The molecule has 0 aliphatic carbocycles. The van der Waals surface area contributed by atoms with Crippen LogP contribution < -0.4 is 5.32 Å². The van der Waals surface area contributed by atoms with E-state index in [2.05, 4.69) is 22.0 Å². The van der Waals surface area contributed by atoms with Crippen LogP contribution in [0.2, 0.25) is 0 Å². The van der Waals surface area contributed by atoms with Crippen LogP contribution in [0.25, 0.3) is 0 Å². The summed E-state index contributed by atoms with van der Waals surface area (Å²) in [6.45, 7) is 6.01. The van der Waals surface area contributed by atoms with Gasteiger partial charge in [-0.25, -0.2) is 0 Å². The molecule has 0 bridgehead atoms. The molecule has 18 heavy (non-hydrogen) atoms. The summed E-state index contributed by atoms with van der Waals surface area (Å²) in [5.74, 6) is 0.